The van der Waals surface area contributed by atoms with Crippen molar-refractivity contribution in [3.05, 3.63) is 36.2 Å². The number of hydrogen-bond donors (Lipinski definition) is 1. The van der Waals surface area contributed by atoms with Gasteiger partial charge in [-0.25, -0.2) is 0 Å². The fourth-order valence-corrected chi connectivity index (χ4v) is 0.679. The Balaban J connectivity index is 0. The van der Waals surface area contributed by atoms with Crippen LogP contribution in [0.25, 0.3) is 6.08 Å². The molecule has 1 aromatic heterocycles. The van der Waals surface area contributed by atoms with E-state index >= 15 is 0 Å². The molecular weight excluding hydrogens is 195 g/mol. The van der Waals surface area contributed by atoms with Crippen LogP contribution in [0.5, 0.6) is 0 Å². The molecule has 0 aliphatic rings. The molecule has 0 radical (unpaired) electrons. The van der Waals surface area contributed by atoms with Crippen molar-refractivity contribution in [3.63, 3.8) is 0 Å². The molecule has 12 heavy (non-hydrogen) atoms. The lowest BCUT2D eigenvalue weighted by Gasteiger charge is -1.87. The van der Waals surface area contributed by atoms with Crippen LogP contribution < -0.4 is 5.73 Å². The fourth-order valence-electron chi connectivity index (χ4n) is 0.679. The molecule has 0 unspecified atom stereocenters. The van der Waals surface area contributed by atoms with Gasteiger partial charge in [0, 0.05) is 18.9 Å². The highest BCUT2D eigenvalue weighted by molar-refractivity contribution is 5.85. The highest BCUT2D eigenvalue weighted by atomic mass is 35.5. The van der Waals surface area contributed by atoms with E-state index in [2.05, 4.69) is 4.98 Å². The maximum Gasteiger partial charge on any atom is 0.0273 e. The number of hydrogen-bond acceptors (Lipinski definition) is 2. The Morgan fingerprint density at radius 3 is 2.33 bits per heavy atom. The van der Waals surface area contributed by atoms with Gasteiger partial charge in [0.25, 0.3) is 0 Å². The first kappa shape index (κ1) is 14.0. The van der Waals surface area contributed by atoms with Crippen LogP contribution in [0, 0.1) is 0 Å². The summed E-state index contributed by atoms with van der Waals surface area (Å²) in [5.74, 6) is 0. The zero-order chi connectivity index (χ0) is 7.23. The fraction of sp³-hybridized carbons (Fsp3) is 0.125. The van der Waals surface area contributed by atoms with E-state index in [0.717, 1.165) is 5.56 Å². The number of rotatable bonds is 2. The van der Waals surface area contributed by atoms with E-state index in [4.69, 9.17) is 5.73 Å². The molecule has 0 saturated carbocycles. The zero-order valence-electron chi connectivity index (χ0n) is 6.51. The summed E-state index contributed by atoms with van der Waals surface area (Å²) in [4.78, 5) is 3.89. The third-order valence-corrected chi connectivity index (χ3v) is 1.15. The normalized spacial score (nSPS) is 8.75. The Morgan fingerprint density at radius 2 is 1.83 bits per heavy atom. The van der Waals surface area contributed by atoms with Gasteiger partial charge >= 0.3 is 0 Å². The SMILES string of the molecule is Cl.Cl.NC/C=C/c1ccncc1. The molecule has 4 heteroatoms. The van der Waals surface area contributed by atoms with Crippen LogP contribution in [-0.4, -0.2) is 11.5 Å². The lowest BCUT2D eigenvalue weighted by molar-refractivity contribution is 1.26. The van der Waals surface area contributed by atoms with Crippen molar-refractivity contribution in [3.8, 4) is 0 Å². The van der Waals surface area contributed by atoms with Crippen LogP contribution in [0.2, 0.25) is 0 Å². The summed E-state index contributed by atoms with van der Waals surface area (Å²) >= 11 is 0. The molecule has 1 aromatic rings. The van der Waals surface area contributed by atoms with E-state index in [1.54, 1.807) is 12.4 Å². The number of halogens is 2. The van der Waals surface area contributed by atoms with Crippen molar-refractivity contribution in [2.75, 3.05) is 6.54 Å². The Bertz CT molecular complexity index is 212. The van der Waals surface area contributed by atoms with Crippen LogP contribution in [0.3, 0.4) is 0 Å². The lowest BCUT2D eigenvalue weighted by Crippen LogP contribution is -1.91. The molecule has 0 aliphatic heterocycles. The van der Waals surface area contributed by atoms with Gasteiger partial charge in [-0.1, -0.05) is 12.2 Å². The zero-order valence-corrected chi connectivity index (χ0v) is 8.15. The Kier molecular flexibility index (Phi) is 9.93. The summed E-state index contributed by atoms with van der Waals surface area (Å²) in [6.45, 7) is 0.586. The molecule has 0 fully saturated rings. The molecule has 2 N–H and O–H groups in total. The van der Waals surface area contributed by atoms with Crippen LogP contribution >= 0.6 is 24.8 Å². The van der Waals surface area contributed by atoms with Crippen molar-refractivity contribution in [1.82, 2.24) is 4.98 Å². The molecule has 2 nitrogen and oxygen atoms in total. The molecule has 0 bridgehead atoms. The molecule has 1 heterocycles. The van der Waals surface area contributed by atoms with E-state index < -0.39 is 0 Å². The molecule has 0 saturated heterocycles. The van der Waals surface area contributed by atoms with E-state index in [0.29, 0.717) is 6.54 Å². The molecule has 68 valence electrons. The molecule has 0 aliphatic carbocycles. The van der Waals surface area contributed by atoms with Crippen molar-refractivity contribution in [2.45, 2.75) is 0 Å². The topological polar surface area (TPSA) is 38.9 Å². The summed E-state index contributed by atoms with van der Waals surface area (Å²) in [7, 11) is 0. The van der Waals surface area contributed by atoms with Crippen molar-refractivity contribution in [1.29, 1.82) is 0 Å². The number of pyridine rings is 1. The van der Waals surface area contributed by atoms with Gasteiger partial charge in [0.2, 0.25) is 0 Å². The molecular formula is C8H12Cl2N2. The van der Waals surface area contributed by atoms with Gasteiger partial charge in [-0.05, 0) is 17.7 Å². The van der Waals surface area contributed by atoms with Gasteiger partial charge in [0.15, 0.2) is 0 Å². The van der Waals surface area contributed by atoms with Gasteiger partial charge in [-0.3, -0.25) is 4.98 Å². The summed E-state index contributed by atoms with van der Waals surface area (Å²) in [6, 6.07) is 3.87. The van der Waals surface area contributed by atoms with Gasteiger partial charge < -0.3 is 5.73 Å². The third-order valence-electron chi connectivity index (χ3n) is 1.15. The minimum absolute atomic E-state index is 0. The molecule has 1 rings (SSSR count). The maximum atomic E-state index is 5.27. The van der Waals surface area contributed by atoms with Crippen LogP contribution in [0.15, 0.2) is 30.6 Å². The second-order valence-corrected chi connectivity index (χ2v) is 1.92. The Morgan fingerprint density at radius 1 is 1.25 bits per heavy atom. The van der Waals surface area contributed by atoms with Gasteiger partial charge in [-0.15, -0.1) is 24.8 Å². The van der Waals surface area contributed by atoms with Crippen LogP contribution in [0.4, 0.5) is 0 Å². The standard InChI is InChI=1S/C8H10N2.2ClH/c9-5-1-2-8-3-6-10-7-4-8;;/h1-4,6-7H,5,9H2;2*1H/b2-1+;;. The average molecular weight is 207 g/mol. The van der Waals surface area contributed by atoms with Crippen molar-refractivity contribution >= 4 is 30.9 Å². The first-order chi connectivity index (χ1) is 4.93. The lowest BCUT2D eigenvalue weighted by atomic mass is 10.2. The largest absolute Gasteiger partial charge is 0.327 e. The molecule has 0 atom stereocenters. The predicted molar refractivity (Wildman–Crippen MR) is 56.8 cm³/mol. The van der Waals surface area contributed by atoms with E-state index in [-0.39, 0.29) is 24.8 Å². The highest BCUT2D eigenvalue weighted by Crippen LogP contribution is 1.97. The first-order valence-electron chi connectivity index (χ1n) is 3.20. The average Bonchev–Trinajstić information content (AvgIpc) is 2.03. The minimum Gasteiger partial charge on any atom is -0.327 e. The first-order valence-corrected chi connectivity index (χ1v) is 3.20. The quantitative estimate of drug-likeness (QED) is 0.804. The summed E-state index contributed by atoms with van der Waals surface area (Å²) in [6.07, 6.45) is 7.41. The van der Waals surface area contributed by atoms with Crippen LogP contribution in [0.1, 0.15) is 5.56 Å². The Labute approximate surface area is 84.7 Å². The summed E-state index contributed by atoms with van der Waals surface area (Å²) in [5, 5.41) is 0. The minimum atomic E-state index is 0. The van der Waals surface area contributed by atoms with Crippen LogP contribution in [-0.2, 0) is 0 Å². The van der Waals surface area contributed by atoms with E-state index in [9.17, 15) is 0 Å². The monoisotopic (exact) mass is 206 g/mol. The summed E-state index contributed by atoms with van der Waals surface area (Å²) < 4.78 is 0. The molecule has 0 aromatic carbocycles. The predicted octanol–water partition coefficient (Wildman–Crippen LogP) is 1.90. The highest BCUT2D eigenvalue weighted by Gasteiger charge is 1.79. The van der Waals surface area contributed by atoms with Gasteiger partial charge in [0.1, 0.15) is 0 Å². The number of nitrogens with zero attached hydrogens (tertiary/aromatic N) is 1. The molecule has 0 amide bonds. The third kappa shape index (κ3) is 5.13. The van der Waals surface area contributed by atoms with Crippen molar-refractivity contribution in [2.24, 2.45) is 5.73 Å². The van der Waals surface area contributed by atoms with Gasteiger partial charge in [0.05, 0.1) is 0 Å². The molecule has 0 spiro atoms. The van der Waals surface area contributed by atoms with E-state index in [1.807, 2.05) is 24.3 Å². The van der Waals surface area contributed by atoms with E-state index in [1.165, 1.54) is 0 Å². The number of nitrogens with two attached hydrogens (primary N) is 1. The maximum absolute atomic E-state index is 5.27. The van der Waals surface area contributed by atoms with Crippen molar-refractivity contribution < 1.29 is 0 Å². The summed E-state index contributed by atoms with van der Waals surface area (Å²) in [5.41, 5.74) is 6.41. The van der Waals surface area contributed by atoms with Gasteiger partial charge in [-0.2, -0.15) is 0 Å². The second kappa shape index (κ2) is 8.53. The second-order valence-electron chi connectivity index (χ2n) is 1.92. The Hall–Kier alpha value is -0.570. The smallest absolute Gasteiger partial charge is 0.0273 e. The number of aromatic nitrogens is 1.